The Morgan fingerprint density at radius 1 is 0.886 bits per heavy atom. The molecule has 2 aliphatic rings. The Morgan fingerprint density at radius 3 is 2.31 bits per heavy atom. The molecule has 2 aliphatic heterocycles. The largest absolute Gasteiger partial charge is 0.352 e. The van der Waals surface area contributed by atoms with Gasteiger partial charge in [-0.25, -0.2) is 12.7 Å². The van der Waals surface area contributed by atoms with Crippen LogP contribution in [-0.2, 0) is 33.7 Å². The van der Waals surface area contributed by atoms with E-state index < -0.39 is 10.0 Å². The first-order valence-electron chi connectivity index (χ1n) is 12.3. The molecule has 9 heteroatoms. The average Bonchev–Trinajstić information content (AvgIpc) is 2.85. The number of benzene rings is 2. The lowest BCUT2D eigenvalue weighted by Crippen LogP contribution is -2.43. The van der Waals surface area contributed by atoms with Crippen molar-refractivity contribution in [1.82, 2.24) is 14.5 Å². The zero-order chi connectivity index (χ0) is 24.8. The first kappa shape index (κ1) is 26.4. The Hall–Kier alpha value is -1.64. The molecular formula is C26H33Cl2N3O3S. The Bertz CT molecular complexity index is 1130. The molecule has 0 radical (unpaired) electrons. The molecule has 0 aromatic heterocycles. The summed E-state index contributed by atoms with van der Waals surface area (Å²) in [7, 11) is -3.49. The Kier molecular flexibility index (Phi) is 9.11. The summed E-state index contributed by atoms with van der Waals surface area (Å²) in [4.78, 5) is 15.3. The van der Waals surface area contributed by atoms with Crippen LogP contribution in [0.2, 0.25) is 10.0 Å². The van der Waals surface area contributed by atoms with E-state index >= 15 is 0 Å². The number of carbonyl (C=O) groups is 1. The minimum Gasteiger partial charge on any atom is -0.352 e. The molecule has 2 aromatic carbocycles. The van der Waals surface area contributed by atoms with Crippen molar-refractivity contribution in [2.45, 2.75) is 50.9 Å². The maximum Gasteiger partial charge on any atom is 0.223 e. The van der Waals surface area contributed by atoms with Gasteiger partial charge in [0.05, 0.1) is 15.8 Å². The van der Waals surface area contributed by atoms with Gasteiger partial charge in [-0.2, -0.15) is 0 Å². The second-order valence-corrected chi connectivity index (χ2v) is 12.3. The van der Waals surface area contributed by atoms with Gasteiger partial charge in [-0.1, -0.05) is 60.0 Å². The molecule has 0 bridgehead atoms. The topological polar surface area (TPSA) is 69.7 Å². The summed E-state index contributed by atoms with van der Waals surface area (Å²) in [6.07, 6.45) is 4.89. The summed E-state index contributed by atoms with van der Waals surface area (Å²) in [5, 5.41) is 3.79. The predicted octanol–water partition coefficient (Wildman–Crippen LogP) is 4.84. The van der Waals surface area contributed by atoms with Crippen LogP contribution in [0.4, 0.5) is 0 Å². The zero-order valence-corrected chi connectivity index (χ0v) is 22.2. The van der Waals surface area contributed by atoms with E-state index in [1.165, 1.54) is 29.1 Å². The van der Waals surface area contributed by atoms with Crippen LogP contribution in [0, 0.1) is 5.92 Å². The normalized spacial score (nSPS) is 18.5. The molecule has 4 rings (SSSR count). The Labute approximate surface area is 218 Å². The molecule has 6 nitrogen and oxygen atoms in total. The van der Waals surface area contributed by atoms with Crippen molar-refractivity contribution < 1.29 is 13.2 Å². The highest BCUT2D eigenvalue weighted by molar-refractivity contribution is 7.88. The lowest BCUT2D eigenvalue weighted by molar-refractivity contribution is -0.126. The third-order valence-corrected chi connectivity index (χ3v) is 9.45. The monoisotopic (exact) mass is 537 g/mol. The number of nitrogens with one attached hydrogen (secondary N) is 1. The van der Waals surface area contributed by atoms with Crippen molar-refractivity contribution in [3.05, 3.63) is 69.2 Å². The molecule has 2 saturated heterocycles. The molecule has 2 aromatic rings. The molecule has 0 spiro atoms. The van der Waals surface area contributed by atoms with Gasteiger partial charge in [0, 0.05) is 32.1 Å². The summed E-state index contributed by atoms with van der Waals surface area (Å²) in [5.74, 6) is -0.315. The molecule has 0 atom stereocenters. The molecule has 0 saturated carbocycles. The van der Waals surface area contributed by atoms with Crippen molar-refractivity contribution in [2.75, 3.05) is 26.2 Å². The number of amides is 1. The zero-order valence-electron chi connectivity index (χ0n) is 19.9. The molecule has 1 amide bonds. The lowest BCUT2D eigenvalue weighted by atomic mass is 9.97. The van der Waals surface area contributed by atoms with Gasteiger partial charge in [0.1, 0.15) is 0 Å². The van der Waals surface area contributed by atoms with Crippen LogP contribution in [0.25, 0.3) is 0 Å². The first-order chi connectivity index (χ1) is 16.8. The van der Waals surface area contributed by atoms with Gasteiger partial charge in [-0.05, 0) is 67.6 Å². The van der Waals surface area contributed by atoms with E-state index in [0.29, 0.717) is 48.1 Å². The van der Waals surface area contributed by atoms with E-state index in [-0.39, 0.29) is 17.6 Å². The number of likely N-dealkylation sites (tertiary alicyclic amines) is 1. The lowest BCUT2D eigenvalue weighted by Gasteiger charge is -2.30. The number of carbonyl (C=O) groups excluding carboxylic acids is 1. The molecule has 35 heavy (non-hydrogen) atoms. The van der Waals surface area contributed by atoms with Gasteiger partial charge in [0.2, 0.25) is 15.9 Å². The molecule has 0 aliphatic carbocycles. The van der Waals surface area contributed by atoms with Crippen molar-refractivity contribution >= 4 is 39.1 Å². The van der Waals surface area contributed by atoms with Crippen molar-refractivity contribution in [1.29, 1.82) is 0 Å². The number of hydrogen-bond donors (Lipinski definition) is 1. The number of piperidine rings is 2. The van der Waals surface area contributed by atoms with Crippen LogP contribution >= 0.6 is 23.2 Å². The van der Waals surface area contributed by atoms with Crippen LogP contribution < -0.4 is 5.32 Å². The van der Waals surface area contributed by atoms with Gasteiger partial charge < -0.3 is 5.32 Å². The summed E-state index contributed by atoms with van der Waals surface area (Å²) in [5.41, 5.74) is 2.97. The SMILES string of the molecule is O=C(NCc1cccc(CN2CCCCC2)c1)C1CCN(S(=O)(=O)Cc2ccc(Cl)c(Cl)c2)CC1. The quantitative estimate of drug-likeness (QED) is 0.523. The van der Waals surface area contributed by atoms with Gasteiger partial charge in [0.25, 0.3) is 0 Å². The second kappa shape index (κ2) is 12.1. The van der Waals surface area contributed by atoms with Crippen LogP contribution in [0.1, 0.15) is 48.8 Å². The predicted molar refractivity (Wildman–Crippen MR) is 141 cm³/mol. The van der Waals surface area contributed by atoms with E-state index in [1.807, 2.05) is 6.07 Å². The standard InChI is InChI=1S/C26H33Cl2N3O3S/c27-24-8-7-22(16-25(24)28)19-35(33,34)31-13-9-23(10-14-31)26(32)29-17-20-5-4-6-21(15-20)18-30-11-2-1-3-12-30/h4-8,15-16,23H,1-3,9-14,17-19H2,(H,29,32). The van der Waals surface area contributed by atoms with Crippen LogP contribution in [0.3, 0.4) is 0 Å². The number of nitrogens with zero attached hydrogens (tertiary/aromatic N) is 2. The molecule has 190 valence electrons. The van der Waals surface area contributed by atoms with Crippen LogP contribution in [0.15, 0.2) is 42.5 Å². The molecule has 1 N–H and O–H groups in total. The fraction of sp³-hybridized carbons (Fsp3) is 0.500. The highest BCUT2D eigenvalue weighted by Crippen LogP contribution is 2.26. The number of sulfonamides is 1. The molecular weight excluding hydrogens is 505 g/mol. The number of rotatable bonds is 8. The van der Waals surface area contributed by atoms with Crippen molar-refractivity contribution in [3.8, 4) is 0 Å². The highest BCUT2D eigenvalue weighted by Gasteiger charge is 2.31. The Balaban J connectivity index is 1.24. The van der Waals surface area contributed by atoms with Crippen LogP contribution in [-0.4, -0.2) is 49.7 Å². The number of halogens is 2. The van der Waals surface area contributed by atoms with Gasteiger partial charge in [0.15, 0.2) is 0 Å². The summed E-state index contributed by atoms with van der Waals surface area (Å²) >= 11 is 11.9. The fourth-order valence-corrected chi connectivity index (χ4v) is 6.75. The van der Waals surface area contributed by atoms with Gasteiger partial charge >= 0.3 is 0 Å². The highest BCUT2D eigenvalue weighted by atomic mass is 35.5. The van der Waals surface area contributed by atoms with E-state index in [4.69, 9.17) is 23.2 Å². The smallest absolute Gasteiger partial charge is 0.223 e. The van der Waals surface area contributed by atoms with Crippen LogP contribution in [0.5, 0.6) is 0 Å². The fourth-order valence-electron chi connectivity index (χ4n) is 4.87. The molecule has 2 fully saturated rings. The number of hydrogen-bond acceptors (Lipinski definition) is 4. The third kappa shape index (κ3) is 7.43. The summed E-state index contributed by atoms with van der Waals surface area (Å²) in [6.45, 7) is 4.44. The molecule has 2 heterocycles. The van der Waals surface area contributed by atoms with E-state index in [9.17, 15) is 13.2 Å². The van der Waals surface area contributed by atoms with Crippen molar-refractivity contribution in [3.63, 3.8) is 0 Å². The van der Waals surface area contributed by atoms with E-state index in [2.05, 4.69) is 28.4 Å². The minimum atomic E-state index is -3.49. The summed E-state index contributed by atoms with van der Waals surface area (Å²) in [6, 6.07) is 13.3. The second-order valence-electron chi connectivity index (χ2n) is 9.55. The maximum atomic E-state index is 12.9. The maximum absolute atomic E-state index is 12.9. The average molecular weight is 539 g/mol. The van der Waals surface area contributed by atoms with E-state index in [1.54, 1.807) is 18.2 Å². The minimum absolute atomic E-state index is 0.00651. The van der Waals surface area contributed by atoms with Crippen molar-refractivity contribution in [2.24, 2.45) is 5.92 Å². The van der Waals surface area contributed by atoms with E-state index in [0.717, 1.165) is 25.2 Å². The molecule has 0 unspecified atom stereocenters. The van der Waals surface area contributed by atoms with Gasteiger partial charge in [-0.3, -0.25) is 9.69 Å². The van der Waals surface area contributed by atoms with Gasteiger partial charge in [-0.15, -0.1) is 0 Å². The first-order valence-corrected chi connectivity index (χ1v) is 14.7. The Morgan fingerprint density at radius 2 is 1.60 bits per heavy atom. The summed E-state index contributed by atoms with van der Waals surface area (Å²) < 4.78 is 27.2. The third-order valence-electron chi connectivity index (χ3n) is 6.86.